The standard InChI is InChI=1S/C31H41N/c1-7-23(5)25-11-15-27(16-12-25)31(28-17-13-26(14-18-28)24(6)8-2)29-19-21-30(22-20-29)32(9-3)10-4/h11-24,31H,7-10H2,1-6H3. The molecule has 170 valence electrons. The van der Waals surface area contributed by atoms with Crippen LogP contribution in [0.15, 0.2) is 72.8 Å². The predicted octanol–water partition coefficient (Wildman–Crippen LogP) is 8.74. The van der Waals surface area contributed by atoms with Crippen LogP contribution >= 0.6 is 0 Å². The van der Waals surface area contributed by atoms with E-state index in [1.165, 1.54) is 46.3 Å². The molecule has 0 fully saturated rings. The van der Waals surface area contributed by atoms with E-state index in [0.717, 1.165) is 13.1 Å². The summed E-state index contributed by atoms with van der Waals surface area (Å²) in [6.45, 7) is 15.7. The van der Waals surface area contributed by atoms with E-state index in [-0.39, 0.29) is 5.92 Å². The first-order valence-electron chi connectivity index (χ1n) is 12.6. The molecule has 3 rings (SSSR count). The van der Waals surface area contributed by atoms with Gasteiger partial charge in [-0.3, -0.25) is 0 Å². The van der Waals surface area contributed by atoms with E-state index in [1.54, 1.807) is 0 Å². The lowest BCUT2D eigenvalue weighted by molar-refractivity contribution is 0.731. The minimum absolute atomic E-state index is 0.248. The van der Waals surface area contributed by atoms with Gasteiger partial charge in [-0.05, 0) is 78.5 Å². The Bertz CT molecular complexity index is 880. The maximum Gasteiger partial charge on any atom is 0.0366 e. The molecule has 2 unspecified atom stereocenters. The highest BCUT2D eigenvalue weighted by Gasteiger charge is 2.18. The van der Waals surface area contributed by atoms with Gasteiger partial charge in [0, 0.05) is 24.7 Å². The van der Waals surface area contributed by atoms with E-state index >= 15 is 0 Å². The first-order valence-corrected chi connectivity index (χ1v) is 12.6. The largest absolute Gasteiger partial charge is 0.372 e. The van der Waals surface area contributed by atoms with Crippen LogP contribution in [-0.2, 0) is 0 Å². The third kappa shape index (κ3) is 5.44. The van der Waals surface area contributed by atoms with Crippen molar-refractivity contribution >= 4 is 5.69 Å². The zero-order valence-electron chi connectivity index (χ0n) is 20.9. The minimum atomic E-state index is 0.248. The zero-order valence-corrected chi connectivity index (χ0v) is 20.9. The highest BCUT2D eigenvalue weighted by Crippen LogP contribution is 2.35. The molecule has 2 atom stereocenters. The molecule has 0 aliphatic carbocycles. The quantitative estimate of drug-likeness (QED) is 0.292. The molecule has 1 heteroatoms. The summed E-state index contributed by atoms with van der Waals surface area (Å²) < 4.78 is 0. The topological polar surface area (TPSA) is 3.24 Å². The highest BCUT2D eigenvalue weighted by molar-refractivity contribution is 5.52. The number of anilines is 1. The van der Waals surface area contributed by atoms with E-state index in [9.17, 15) is 0 Å². The van der Waals surface area contributed by atoms with Crippen molar-refractivity contribution in [1.82, 2.24) is 0 Å². The summed E-state index contributed by atoms with van der Waals surface area (Å²) in [5.74, 6) is 1.45. The van der Waals surface area contributed by atoms with Gasteiger partial charge in [0.15, 0.2) is 0 Å². The molecule has 1 nitrogen and oxygen atoms in total. The van der Waals surface area contributed by atoms with Crippen molar-refractivity contribution in [3.8, 4) is 0 Å². The average Bonchev–Trinajstić information content (AvgIpc) is 2.85. The summed E-state index contributed by atoms with van der Waals surface area (Å²) in [6, 6.07) is 27.9. The Morgan fingerprint density at radius 2 is 0.812 bits per heavy atom. The van der Waals surface area contributed by atoms with Gasteiger partial charge in [-0.2, -0.15) is 0 Å². The van der Waals surface area contributed by atoms with Crippen molar-refractivity contribution in [1.29, 1.82) is 0 Å². The van der Waals surface area contributed by atoms with Gasteiger partial charge in [0.2, 0.25) is 0 Å². The number of rotatable bonds is 10. The maximum atomic E-state index is 2.40. The molecule has 32 heavy (non-hydrogen) atoms. The van der Waals surface area contributed by atoms with Gasteiger partial charge >= 0.3 is 0 Å². The molecule has 0 aliphatic heterocycles. The number of hydrogen-bond donors (Lipinski definition) is 0. The van der Waals surface area contributed by atoms with Crippen molar-refractivity contribution < 1.29 is 0 Å². The molecule has 0 amide bonds. The summed E-state index contributed by atoms with van der Waals surface area (Å²) in [6.07, 6.45) is 2.35. The van der Waals surface area contributed by atoms with Crippen LogP contribution in [0.5, 0.6) is 0 Å². The van der Waals surface area contributed by atoms with Gasteiger partial charge in [-0.25, -0.2) is 0 Å². The number of benzene rings is 3. The molecule has 0 aliphatic rings. The fourth-order valence-corrected chi connectivity index (χ4v) is 4.55. The molecule has 0 saturated carbocycles. The van der Waals surface area contributed by atoms with Crippen LogP contribution in [0.1, 0.15) is 100.0 Å². The molecule has 0 spiro atoms. The van der Waals surface area contributed by atoms with Gasteiger partial charge < -0.3 is 4.90 Å². The van der Waals surface area contributed by atoms with E-state index in [2.05, 4.69) is 119 Å². The fraction of sp³-hybridized carbons (Fsp3) is 0.419. The highest BCUT2D eigenvalue weighted by atomic mass is 15.1. The molecule has 0 heterocycles. The first kappa shape index (κ1) is 24.1. The monoisotopic (exact) mass is 427 g/mol. The van der Waals surface area contributed by atoms with Crippen LogP contribution < -0.4 is 4.90 Å². The van der Waals surface area contributed by atoms with Crippen LogP contribution in [0.25, 0.3) is 0 Å². The SMILES string of the molecule is CCC(C)c1ccc(C(c2ccc(C(C)CC)cc2)c2ccc(N(CC)CC)cc2)cc1. The lowest BCUT2D eigenvalue weighted by Gasteiger charge is -2.24. The Labute approximate surface area is 196 Å². The minimum Gasteiger partial charge on any atom is -0.372 e. The van der Waals surface area contributed by atoms with Gasteiger partial charge in [0.25, 0.3) is 0 Å². The molecule has 0 N–H and O–H groups in total. The average molecular weight is 428 g/mol. The van der Waals surface area contributed by atoms with Crippen LogP contribution in [-0.4, -0.2) is 13.1 Å². The second-order valence-corrected chi connectivity index (χ2v) is 9.15. The van der Waals surface area contributed by atoms with Gasteiger partial charge in [-0.15, -0.1) is 0 Å². The van der Waals surface area contributed by atoms with Crippen molar-refractivity contribution in [3.05, 3.63) is 101 Å². The lowest BCUT2D eigenvalue weighted by Crippen LogP contribution is -2.21. The second-order valence-electron chi connectivity index (χ2n) is 9.15. The smallest absolute Gasteiger partial charge is 0.0366 e. The summed E-state index contributed by atoms with van der Waals surface area (Å²) in [7, 11) is 0. The van der Waals surface area contributed by atoms with E-state index in [1.807, 2.05) is 0 Å². The van der Waals surface area contributed by atoms with Crippen molar-refractivity contribution in [2.24, 2.45) is 0 Å². The third-order valence-electron chi connectivity index (χ3n) is 7.26. The van der Waals surface area contributed by atoms with Crippen LogP contribution in [0, 0.1) is 0 Å². The Hall–Kier alpha value is -2.54. The molecular formula is C31H41N. The van der Waals surface area contributed by atoms with Crippen LogP contribution in [0.4, 0.5) is 5.69 Å². The summed E-state index contributed by atoms with van der Waals surface area (Å²) in [5, 5.41) is 0. The normalized spacial score (nSPS) is 14.1. The lowest BCUT2D eigenvalue weighted by atomic mass is 9.83. The molecule has 3 aromatic carbocycles. The van der Waals surface area contributed by atoms with Crippen molar-refractivity contribution in [2.75, 3.05) is 18.0 Å². The second kappa shape index (κ2) is 11.4. The van der Waals surface area contributed by atoms with Gasteiger partial charge in [-0.1, -0.05) is 88.4 Å². The summed E-state index contributed by atoms with van der Waals surface area (Å²) in [5.41, 5.74) is 8.25. The summed E-state index contributed by atoms with van der Waals surface area (Å²) >= 11 is 0. The molecule has 0 aromatic heterocycles. The summed E-state index contributed by atoms with van der Waals surface area (Å²) in [4.78, 5) is 2.40. The maximum absolute atomic E-state index is 2.40. The molecule has 0 saturated heterocycles. The van der Waals surface area contributed by atoms with Gasteiger partial charge in [0.1, 0.15) is 0 Å². The molecule has 0 bridgehead atoms. The first-order chi connectivity index (χ1) is 15.5. The van der Waals surface area contributed by atoms with Gasteiger partial charge in [0.05, 0.1) is 0 Å². The van der Waals surface area contributed by atoms with Crippen molar-refractivity contribution in [2.45, 2.75) is 72.1 Å². The molecule has 3 aromatic rings. The number of hydrogen-bond acceptors (Lipinski definition) is 1. The van der Waals surface area contributed by atoms with Crippen LogP contribution in [0.3, 0.4) is 0 Å². The van der Waals surface area contributed by atoms with E-state index < -0.39 is 0 Å². The Morgan fingerprint density at radius 1 is 0.500 bits per heavy atom. The zero-order chi connectivity index (χ0) is 23.1. The van der Waals surface area contributed by atoms with Crippen LogP contribution in [0.2, 0.25) is 0 Å². The Balaban J connectivity index is 2.01. The predicted molar refractivity (Wildman–Crippen MR) is 141 cm³/mol. The Kier molecular flexibility index (Phi) is 8.56. The van der Waals surface area contributed by atoms with Crippen molar-refractivity contribution in [3.63, 3.8) is 0 Å². The van der Waals surface area contributed by atoms with E-state index in [4.69, 9.17) is 0 Å². The fourth-order valence-electron chi connectivity index (χ4n) is 4.55. The molecular weight excluding hydrogens is 386 g/mol. The third-order valence-corrected chi connectivity index (χ3v) is 7.26. The van der Waals surface area contributed by atoms with E-state index in [0.29, 0.717) is 11.8 Å². The Morgan fingerprint density at radius 3 is 1.12 bits per heavy atom. The number of nitrogens with zero attached hydrogens (tertiary/aromatic N) is 1. The molecule has 0 radical (unpaired) electrons.